The van der Waals surface area contributed by atoms with Crippen LogP contribution in [-0.2, 0) is 6.54 Å². The molecule has 0 bridgehead atoms. The predicted molar refractivity (Wildman–Crippen MR) is 141 cm³/mol. The molecule has 4 heterocycles. The summed E-state index contributed by atoms with van der Waals surface area (Å²) in [6.07, 6.45) is 8.07. The first-order valence-corrected chi connectivity index (χ1v) is 12.6. The van der Waals surface area contributed by atoms with Gasteiger partial charge in [0, 0.05) is 40.6 Å². The lowest BCUT2D eigenvalue weighted by Gasteiger charge is -2.37. The van der Waals surface area contributed by atoms with Crippen LogP contribution in [0.5, 0.6) is 0 Å². The van der Waals surface area contributed by atoms with E-state index in [0.29, 0.717) is 24.9 Å². The number of carbonyl (C=O) groups excluding carboxylic acids is 1. The van der Waals surface area contributed by atoms with E-state index >= 15 is 0 Å². The SMILES string of the molecule is Cc1cc(-c2n[nH]c3ccc(C(=O)N[C@@H]4CCC[C@](O)(Cn5c(C)nc6cnccc65)C4)cc23)ccn1. The molecule has 1 aliphatic rings. The molecule has 1 saturated carbocycles. The third-order valence-electron chi connectivity index (χ3n) is 7.35. The summed E-state index contributed by atoms with van der Waals surface area (Å²) in [6.45, 7) is 4.32. The van der Waals surface area contributed by atoms with Gasteiger partial charge in [0.1, 0.15) is 17.0 Å². The molecule has 37 heavy (non-hydrogen) atoms. The van der Waals surface area contributed by atoms with E-state index in [2.05, 4.69) is 35.0 Å². The monoisotopic (exact) mass is 495 g/mol. The highest BCUT2D eigenvalue weighted by Gasteiger charge is 2.36. The Morgan fingerprint density at radius 3 is 2.97 bits per heavy atom. The van der Waals surface area contributed by atoms with Crippen molar-refractivity contribution in [2.75, 3.05) is 0 Å². The van der Waals surface area contributed by atoms with Crippen molar-refractivity contribution >= 4 is 27.8 Å². The van der Waals surface area contributed by atoms with Crippen molar-refractivity contribution in [2.45, 2.75) is 57.7 Å². The molecule has 0 saturated heterocycles. The second-order valence-corrected chi connectivity index (χ2v) is 10.1. The molecule has 0 radical (unpaired) electrons. The number of rotatable bonds is 5. The Bertz CT molecular complexity index is 1620. The molecule has 1 fully saturated rings. The number of fused-ring (bicyclic) bond motifs is 2. The zero-order valence-corrected chi connectivity index (χ0v) is 20.9. The lowest BCUT2D eigenvalue weighted by atomic mass is 9.81. The molecule has 4 aromatic heterocycles. The van der Waals surface area contributed by atoms with E-state index in [1.807, 2.05) is 50.2 Å². The minimum Gasteiger partial charge on any atom is -0.388 e. The van der Waals surface area contributed by atoms with Gasteiger partial charge in [0.15, 0.2) is 0 Å². The first kappa shape index (κ1) is 23.3. The van der Waals surface area contributed by atoms with Gasteiger partial charge in [0.2, 0.25) is 0 Å². The Kier molecular flexibility index (Phi) is 5.72. The minimum atomic E-state index is -0.932. The topological polar surface area (TPSA) is 122 Å². The first-order valence-electron chi connectivity index (χ1n) is 12.6. The van der Waals surface area contributed by atoms with Crippen molar-refractivity contribution in [1.82, 2.24) is 35.0 Å². The Morgan fingerprint density at radius 1 is 1.22 bits per heavy atom. The van der Waals surface area contributed by atoms with Crippen molar-refractivity contribution < 1.29 is 9.90 Å². The van der Waals surface area contributed by atoms with Gasteiger partial charge in [-0.25, -0.2) is 4.98 Å². The normalized spacial score (nSPS) is 19.9. The van der Waals surface area contributed by atoms with Crippen LogP contribution in [0.15, 0.2) is 55.0 Å². The summed E-state index contributed by atoms with van der Waals surface area (Å²) in [7, 11) is 0. The van der Waals surface area contributed by atoms with E-state index in [9.17, 15) is 9.90 Å². The number of carbonyl (C=O) groups is 1. The fraction of sp³-hybridized carbons (Fsp3) is 0.321. The lowest BCUT2D eigenvalue weighted by molar-refractivity contribution is -0.0207. The van der Waals surface area contributed by atoms with Gasteiger partial charge in [-0.05, 0) is 75.9 Å². The number of aryl methyl sites for hydroxylation is 2. The smallest absolute Gasteiger partial charge is 0.251 e. The Balaban J connectivity index is 1.21. The number of aliphatic hydroxyl groups is 1. The van der Waals surface area contributed by atoms with Crippen LogP contribution in [0, 0.1) is 13.8 Å². The molecule has 0 spiro atoms. The van der Waals surface area contributed by atoms with Crippen LogP contribution < -0.4 is 5.32 Å². The van der Waals surface area contributed by atoms with E-state index < -0.39 is 5.60 Å². The standard InChI is InChI=1S/C28H29N7O2/c1-17-12-19(7-11-30-17)26-22-13-20(5-6-23(22)33-34-26)27(36)32-21-4-3-9-28(37,14-21)16-35-18(2)31-24-15-29-10-8-25(24)35/h5-8,10-13,15,21,37H,3-4,9,14,16H2,1-2H3,(H,32,36)(H,33,34)/t21-,28-/m1/s1. The van der Waals surface area contributed by atoms with Gasteiger partial charge in [0.25, 0.3) is 5.91 Å². The van der Waals surface area contributed by atoms with Crippen molar-refractivity contribution in [3.05, 3.63) is 72.1 Å². The van der Waals surface area contributed by atoms with E-state index in [-0.39, 0.29) is 11.9 Å². The number of amides is 1. The van der Waals surface area contributed by atoms with Crippen molar-refractivity contribution in [3.63, 3.8) is 0 Å². The average Bonchev–Trinajstić information content (AvgIpc) is 3.44. The van der Waals surface area contributed by atoms with Crippen LogP contribution in [0.3, 0.4) is 0 Å². The first-order chi connectivity index (χ1) is 17.9. The van der Waals surface area contributed by atoms with Gasteiger partial charge in [-0.2, -0.15) is 5.10 Å². The number of nitrogens with one attached hydrogen (secondary N) is 2. The van der Waals surface area contributed by atoms with E-state index in [4.69, 9.17) is 0 Å². The van der Waals surface area contributed by atoms with Crippen LogP contribution in [0.1, 0.15) is 47.6 Å². The molecule has 3 N–H and O–H groups in total. The van der Waals surface area contributed by atoms with Crippen LogP contribution >= 0.6 is 0 Å². The molecule has 2 atom stereocenters. The maximum Gasteiger partial charge on any atom is 0.251 e. The summed E-state index contributed by atoms with van der Waals surface area (Å²) in [5.74, 6) is 0.695. The third-order valence-corrected chi connectivity index (χ3v) is 7.35. The average molecular weight is 496 g/mol. The highest BCUT2D eigenvalue weighted by Crippen LogP contribution is 2.32. The van der Waals surface area contributed by atoms with Crippen LogP contribution in [0.4, 0.5) is 0 Å². The summed E-state index contributed by atoms with van der Waals surface area (Å²) in [4.78, 5) is 26.3. The largest absolute Gasteiger partial charge is 0.388 e. The molecule has 6 rings (SSSR count). The van der Waals surface area contributed by atoms with Gasteiger partial charge in [-0.1, -0.05) is 0 Å². The van der Waals surface area contributed by atoms with Crippen molar-refractivity contribution in [2.24, 2.45) is 0 Å². The number of hydrogen-bond donors (Lipinski definition) is 3. The molecule has 9 nitrogen and oxygen atoms in total. The molecule has 5 aromatic rings. The molecule has 0 unspecified atom stereocenters. The second kappa shape index (κ2) is 9.08. The molecule has 1 amide bonds. The Morgan fingerprint density at radius 2 is 2.11 bits per heavy atom. The summed E-state index contributed by atoms with van der Waals surface area (Å²) < 4.78 is 2.05. The Labute approximate surface area is 214 Å². The highest BCUT2D eigenvalue weighted by atomic mass is 16.3. The second-order valence-electron chi connectivity index (χ2n) is 10.1. The number of H-pyrrole nitrogens is 1. The molecular weight excluding hydrogens is 466 g/mol. The maximum atomic E-state index is 13.3. The van der Waals surface area contributed by atoms with E-state index in [1.165, 1.54) is 0 Å². The van der Waals surface area contributed by atoms with E-state index in [1.54, 1.807) is 18.6 Å². The number of benzene rings is 1. The molecule has 188 valence electrons. The summed E-state index contributed by atoms with van der Waals surface area (Å²) in [6, 6.07) is 11.3. The van der Waals surface area contributed by atoms with Gasteiger partial charge < -0.3 is 15.0 Å². The molecule has 9 heteroatoms. The number of imidazole rings is 1. The fourth-order valence-electron chi connectivity index (χ4n) is 5.54. The van der Waals surface area contributed by atoms with Crippen molar-refractivity contribution in [1.29, 1.82) is 0 Å². The molecule has 1 aliphatic carbocycles. The van der Waals surface area contributed by atoms with Crippen LogP contribution in [-0.4, -0.2) is 52.4 Å². The molecule has 1 aromatic carbocycles. The molecule has 0 aliphatic heterocycles. The van der Waals surface area contributed by atoms with Crippen molar-refractivity contribution in [3.8, 4) is 11.3 Å². The van der Waals surface area contributed by atoms with Gasteiger partial charge in [-0.3, -0.25) is 19.9 Å². The quantitative estimate of drug-likeness (QED) is 0.338. The fourth-order valence-corrected chi connectivity index (χ4v) is 5.54. The minimum absolute atomic E-state index is 0.120. The maximum absolute atomic E-state index is 13.3. The number of pyridine rings is 2. The summed E-state index contributed by atoms with van der Waals surface area (Å²) >= 11 is 0. The number of aromatic amines is 1. The number of aromatic nitrogens is 6. The van der Waals surface area contributed by atoms with Gasteiger partial charge in [-0.15, -0.1) is 0 Å². The lowest BCUT2D eigenvalue weighted by Crippen LogP contribution is -2.47. The molecular formula is C28H29N7O2. The van der Waals surface area contributed by atoms with E-state index in [0.717, 1.165) is 57.6 Å². The summed E-state index contributed by atoms with van der Waals surface area (Å²) in [5.41, 5.74) is 4.93. The number of nitrogens with zero attached hydrogens (tertiary/aromatic N) is 5. The zero-order valence-electron chi connectivity index (χ0n) is 20.9. The Hall–Kier alpha value is -4.11. The third kappa shape index (κ3) is 4.46. The predicted octanol–water partition coefficient (Wildman–Crippen LogP) is 4.09. The summed E-state index contributed by atoms with van der Waals surface area (Å²) in [5, 5.41) is 23.1. The van der Waals surface area contributed by atoms with Crippen LogP contribution in [0.2, 0.25) is 0 Å². The highest BCUT2D eigenvalue weighted by molar-refractivity contribution is 6.01. The number of hydrogen-bond acceptors (Lipinski definition) is 6. The zero-order chi connectivity index (χ0) is 25.6. The van der Waals surface area contributed by atoms with Gasteiger partial charge in [0.05, 0.1) is 29.4 Å². The van der Waals surface area contributed by atoms with Gasteiger partial charge >= 0.3 is 0 Å². The van der Waals surface area contributed by atoms with Crippen LogP contribution in [0.25, 0.3) is 33.2 Å².